The zero-order chi connectivity index (χ0) is 25.1. The molecule has 2 aromatic heterocycles. The Bertz CT molecular complexity index is 1330. The van der Waals surface area contributed by atoms with Crippen LogP contribution in [0, 0.1) is 5.92 Å². The van der Waals surface area contributed by atoms with Crippen molar-refractivity contribution in [2.24, 2.45) is 5.92 Å². The van der Waals surface area contributed by atoms with Crippen molar-refractivity contribution < 1.29 is 4.79 Å². The van der Waals surface area contributed by atoms with E-state index in [4.69, 9.17) is 0 Å². The molecule has 0 unspecified atom stereocenters. The number of nitrogens with zero attached hydrogens (tertiary/aromatic N) is 3. The molecule has 4 rings (SSSR count). The summed E-state index contributed by atoms with van der Waals surface area (Å²) in [6.45, 7) is 11.7. The lowest BCUT2D eigenvalue weighted by Crippen LogP contribution is -2.34. The number of hydrogen-bond donors (Lipinski definition) is 2. The zero-order valence-corrected chi connectivity index (χ0v) is 21.1. The van der Waals surface area contributed by atoms with Gasteiger partial charge in [0.1, 0.15) is 0 Å². The van der Waals surface area contributed by atoms with Gasteiger partial charge in [0, 0.05) is 25.3 Å². The molecular formula is C27H35N5O3. The van der Waals surface area contributed by atoms with Gasteiger partial charge in [0.2, 0.25) is 0 Å². The molecule has 0 aliphatic carbocycles. The van der Waals surface area contributed by atoms with Gasteiger partial charge in [-0.3, -0.25) is 24.0 Å². The maximum Gasteiger partial charge on any atom is 0.330 e. The van der Waals surface area contributed by atoms with Crippen LogP contribution < -0.4 is 16.6 Å². The molecule has 1 aromatic carbocycles. The minimum absolute atomic E-state index is 0.0222. The monoisotopic (exact) mass is 477 g/mol. The fraction of sp³-hybridized carbons (Fsp3) is 0.481. The molecule has 8 nitrogen and oxygen atoms in total. The lowest BCUT2D eigenvalue weighted by atomic mass is 10.0. The van der Waals surface area contributed by atoms with Gasteiger partial charge in [-0.05, 0) is 55.0 Å². The number of amides is 1. The lowest BCUT2D eigenvalue weighted by Gasteiger charge is -2.18. The molecule has 0 bridgehead atoms. The van der Waals surface area contributed by atoms with Crippen LogP contribution in [0.1, 0.15) is 73.6 Å². The van der Waals surface area contributed by atoms with Crippen LogP contribution in [0.5, 0.6) is 0 Å². The number of likely N-dealkylation sites (tertiary alicyclic amines) is 1. The van der Waals surface area contributed by atoms with Crippen LogP contribution in [-0.4, -0.2) is 38.4 Å². The van der Waals surface area contributed by atoms with Crippen molar-refractivity contribution in [3.63, 3.8) is 0 Å². The lowest BCUT2D eigenvalue weighted by molar-refractivity contribution is 0.0952. The van der Waals surface area contributed by atoms with Gasteiger partial charge in [-0.1, -0.05) is 52.0 Å². The highest BCUT2D eigenvalue weighted by Crippen LogP contribution is 2.21. The standard InChI is InChI=1S/C27H35N5O3/c1-17(2)15-32-24-23(26(34)30-27(32)35)21(13-22(29-24)18(3)4)25(33)28-14-19-9-5-6-10-20(19)16-31-11-7-8-12-31/h5-6,9-10,13,17-18H,7-8,11-12,14-16H2,1-4H3,(H,28,33)(H,30,34,35). The van der Waals surface area contributed by atoms with Crippen molar-refractivity contribution in [2.75, 3.05) is 13.1 Å². The Labute approximate surface area is 205 Å². The maximum atomic E-state index is 13.4. The smallest absolute Gasteiger partial charge is 0.330 e. The first kappa shape index (κ1) is 24.9. The molecule has 1 aliphatic heterocycles. The second-order valence-electron chi connectivity index (χ2n) is 10.1. The van der Waals surface area contributed by atoms with Gasteiger partial charge in [0.15, 0.2) is 5.65 Å². The highest BCUT2D eigenvalue weighted by atomic mass is 16.2. The van der Waals surface area contributed by atoms with Crippen molar-refractivity contribution in [2.45, 2.75) is 66.1 Å². The van der Waals surface area contributed by atoms with Crippen LogP contribution >= 0.6 is 0 Å². The molecule has 1 amide bonds. The number of nitrogens with one attached hydrogen (secondary N) is 2. The number of aromatic nitrogens is 3. The Morgan fingerprint density at radius 2 is 1.77 bits per heavy atom. The number of carbonyl (C=O) groups excluding carboxylic acids is 1. The Morgan fingerprint density at radius 1 is 1.09 bits per heavy atom. The molecular weight excluding hydrogens is 442 g/mol. The Hall–Kier alpha value is -3.26. The summed E-state index contributed by atoms with van der Waals surface area (Å²) in [5.74, 6) is -0.166. The number of fused-ring (bicyclic) bond motifs is 1. The topological polar surface area (TPSA) is 100 Å². The number of hydrogen-bond acceptors (Lipinski definition) is 5. The third-order valence-corrected chi connectivity index (χ3v) is 6.50. The third-order valence-electron chi connectivity index (χ3n) is 6.50. The van der Waals surface area contributed by atoms with E-state index in [1.54, 1.807) is 6.07 Å². The molecule has 0 radical (unpaired) electrons. The number of aromatic amines is 1. The number of pyridine rings is 1. The highest BCUT2D eigenvalue weighted by molar-refractivity contribution is 6.05. The summed E-state index contributed by atoms with van der Waals surface area (Å²) in [5, 5.41) is 3.17. The quantitative estimate of drug-likeness (QED) is 0.518. The minimum Gasteiger partial charge on any atom is -0.348 e. The third kappa shape index (κ3) is 5.53. The number of H-pyrrole nitrogens is 1. The number of rotatable bonds is 8. The first-order valence-electron chi connectivity index (χ1n) is 12.5. The molecule has 0 saturated carbocycles. The first-order valence-corrected chi connectivity index (χ1v) is 12.5. The number of benzene rings is 1. The van der Waals surface area contributed by atoms with Gasteiger partial charge in [-0.15, -0.1) is 0 Å². The molecule has 0 atom stereocenters. The average molecular weight is 478 g/mol. The van der Waals surface area contributed by atoms with Crippen LogP contribution in [0.15, 0.2) is 39.9 Å². The second-order valence-corrected chi connectivity index (χ2v) is 10.1. The molecule has 0 spiro atoms. The zero-order valence-electron chi connectivity index (χ0n) is 21.1. The molecule has 186 valence electrons. The van der Waals surface area contributed by atoms with Crippen molar-refractivity contribution in [3.8, 4) is 0 Å². The van der Waals surface area contributed by atoms with Crippen LogP contribution in [-0.2, 0) is 19.6 Å². The largest absolute Gasteiger partial charge is 0.348 e. The van der Waals surface area contributed by atoms with E-state index >= 15 is 0 Å². The van der Waals surface area contributed by atoms with E-state index in [-0.39, 0.29) is 34.3 Å². The average Bonchev–Trinajstić information content (AvgIpc) is 3.33. The van der Waals surface area contributed by atoms with Gasteiger partial charge in [-0.2, -0.15) is 0 Å². The van der Waals surface area contributed by atoms with Crippen molar-refractivity contribution >= 4 is 16.9 Å². The maximum absolute atomic E-state index is 13.4. The Balaban J connectivity index is 1.70. The van der Waals surface area contributed by atoms with Gasteiger partial charge in [-0.25, -0.2) is 9.78 Å². The highest BCUT2D eigenvalue weighted by Gasteiger charge is 2.21. The fourth-order valence-corrected chi connectivity index (χ4v) is 4.64. The van der Waals surface area contributed by atoms with Crippen LogP contribution in [0.2, 0.25) is 0 Å². The number of carbonyl (C=O) groups is 1. The molecule has 1 fully saturated rings. The normalized spacial score (nSPS) is 14.3. The van der Waals surface area contributed by atoms with Gasteiger partial charge < -0.3 is 5.32 Å². The predicted molar refractivity (Wildman–Crippen MR) is 138 cm³/mol. The van der Waals surface area contributed by atoms with Gasteiger partial charge in [0.25, 0.3) is 11.5 Å². The predicted octanol–water partition coefficient (Wildman–Crippen LogP) is 3.39. The molecule has 35 heavy (non-hydrogen) atoms. The SMILES string of the molecule is CC(C)Cn1c(=O)[nH]c(=O)c2c(C(=O)NCc3ccccc3CN3CCCC3)cc(C(C)C)nc21. The van der Waals surface area contributed by atoms with Crippen molar-refractivity contribution in [1.29, 1.82) is 0 Å². The van der Waals surface area contributed by atoms with Crippen molar-refractivity contribution in [3.05, 3.63) is 73.6 Å². The van der Waals surface area contributed by atoms with E-state index in [0.717, 1.165) is 25.2 Å². The van der Waals surface area contributed by atoms with E-state index in [1.807, 2.05) is 45.9 Å². The minimum atomic E-state index is -0.590. The first-order chi connectivity index (χ1) is 16.7. The van der Waals surface area contributed by atoms with E-state index in [0.29, 0.717) is 18.8 Å². The van der Waals surface area contributed by atoms with Crippen LogP contribution in [0.4, 0.5) is 0 Å². The summed E-state index contributed by atoms with van der Waals surface area (Å²) in [5.41, 5.74) is 2.33. The van der Waals surface area contributed by atoms with E-state index < -0.39 is 11.2 Å². The molecule has 1 aliphatic rings. The summed E-state index contributed by atoms with van der Waals surface area (Å²) in [6.07, 6.45) is 2.45. The van der Waals surface area contributed by atoms with Gasteiger partial charge >= 0.3 is 5.69 Å². The van der Waals surface area contributed by atoms with Gasteiger partial charge in [0.05, 0.1) is 10.9 Å². The molecule has 3 heterocycles. The van der Waals surface area contributed by atoms with Crippen LogP contribution in [0.25, 0.3) is 11.0 Å². The van der Waals surface area contributed by atoms with E-state index in [2.05, 4.69) is 26.3 Å². The molecule has 8 heteroatoms. The molecule has 2 N–H and O–H groups in total. The summed E-state index contributed by atoms with van der Waals surface area (Å²) in [6, 6.07) is 9.81. The van der Waals surface area contributed by atoms with Crippen molar-refractivity contribution in [1.82, 2.24) is 24.8 Å². The molecule has 1 saturated heterocycles. The summed E-state index contributed by atoms with van der Waals surface area (Å²) >= 11 is 0. The van der Waals surface area contributed by atoms with E-state index in [1.165, 1.54) is 23.0 Å². The second kappa shape index (κ2) is 10.6. The van der Waals surface area contributed by atoms with Crippen LogP contribution in [0.3, 0.4) is 0 Å². The molecule has 3 aromatic rings. The Morgan fingerprint density at radius 3 is 2.43 bits per heavy atom. The summed E-state index contributed by atoms with van der Waals surface area (Å²) < 4.78 is 1.47. The Kier molecular flexibility index (Phi) is 7.50. The summed E-state index contributed by atoms with van der Waals surface area (Å²) in [7, 11) is 0. The summed E-state index contributed by atoms with van der Waals surface area (Å²) in [4.78, 5) is 48.4. The fourth-order valence-electron chi connectivity index (χ4n) is 4.64. The van der Waals surface area contributed by atoms with E-state index in [9.17, 15) is 14.4 Å².